The second kappa shape index (κ2) is 5.78. The first-order chi connectivity index (χ1) is 7.49. The molecule has 0 aromatic heterocycles. The smallest absolute Gasteiger partial charge is 0.305 e. The van der Waals surface area contributed by atoms with Gasteiger partial charge in [0.15, 0.2) is 0 Å². The van der Waals surface area contributed by atoms with Gasteiger partial charge in [0.1, 0.15) is 0 Å². The van der Waals surface area contributed by atoms with Crippen LogP contribution in [0.4, 0.5) is 0 Å². The van der Waals surface area contributed by atoms with Gasteiger partial charge in [0.05, 0.1) is 12.5 Å². The highest BCUT2D eigenvalue weighted by Gasteiger charge is 2.21. The average Bonchev–Trinajstić information content (AvgIpc) is 2.20. The second-order valence-electron chi connectivity index (χ2n) is 3.97. The molecule has 1 rings (SSSR count). The van der Waals surface area contributed by atoms with Crippen LogP contribution in [0.2, 0.25) is 0 Å². The quantitative estimate of drug-likeness (QED) is 0.520. The fourth-order valence-corrected chi connectivity index (χ4v) is 1.44. The number of carboxylic acid groups (broad SMARTS) is 1. The molecule has 1 unspecified atom stereocenters. The van der Waals surface area contributed by atoms with E-state index in [9.17, 15) is 9.59 Å². The zero-order valence-corrected chi connectivity index (χ0v) is 9.35. The van der Waals surface area contributed by atoms with Crippen LogP contribution in [-0.2, 0) is 9.59 Å². The number of nitrogens with one attached hydrogen (secondary N) is 1. The van der Waals surface area contributed by atoms with Crippen LogP contribution in [0.5, 0.6) is 0 Å². The fourth-order valence-electron chi connectivity index (χ4n) is 1.44. The Kier molecular flexibility index (Phi) is 4.66. The number of carbonyl (C=O) groups is 2. The Hall–Kier alpha value is -1.18. The van der Waals surface area contributed by atoms with Crippen LogP contribution in [0.15, 0.2) is 0 Å². The maximum atomic E-state index is 11.5. The number of nitrogens with two attached hydrogens (primary N) is 1. The van der Waals surface area contributed by atoms with Crippen LogP contribution < -0.4 is 11.2 Å². The Labute approximate surface area is 94.1 Å². The monoisotopic (exact) mass is 230 g/mol. The molecule has 4 N–H and O–H groups in total. The van der Waals surface area contributed by atoms with E-state index in [2.05, 4.69) is 10.3 Å². The van der Waals surface area contributed by atoms with Crippen LogP contribution >= 0.6 is 0 Å². The van der Waals surface area contributed by atoms with Crippen LogP contribution in [0.1, 0.15) is 6.42 Å². The molecule has 0 radical (unpaired) electrons. The fraction of sp³-hybridized carbons (Fsp3) is 0.778. The molecule has 7 nitrogen and oxygen atoms in total. The lowest BCUT2D eigenvalue weighted by molar-refractivity contribution is -0.140. The van der Waals surface area contributed by atoms with Crippen LogP contribution in [0, 0.1) is 0 Å². The van der Waals surface area contributed by atoms with Crippen molar-refractivity contribution in [3.63, 3.8) is 0 Å². The van der Waals surface area contributed by atoms with Crippen molar-refractivity contribution in [1.82, 2.24) is 15.3 Å². The van der Waals surface area contributed by atoms with Crippen molar-refractivity contribution in [1.29, 1.82) is 0 Å². The van der Waals surface area contributed by atoms with E-state index < -0.39 is 17.9 Å². The molecule has 0 bridgehead atoms. The largest absolute Gasteiger partial charge is 0.481 e. The Morgan fingerprint density at radius 2 is 1.94 bits per heavy atom. The summed E-state index contributed by atoms with van der Waals surface area (Å²) in [7, 11) is 2.01. The van der Waals surface area contributed by atoms with Gasteiger partial charge in [-0.25, -0.2) is 5.01 Å². The minimum absolute atomic E-state index is 0.348. The summed E-state index contributed by atoms with van der Waals surface area (Å²) < 4.78 is 0. The van der Waals surface area contributed by atoms with Gasteiger partial charge in [-0.15, -0.1) is 0 Å². The molecule has 0 spiro atoms. The molecule has 1 saturated heterocycles. The molecular weight excluding hydrogens is 212 g/mol. The summed E-state index contributed by atoms with van der Waals surface area (Å²) in [6, 6.07) is -0.989. The van der Waals surface area contributed by atoms with Gasteiger partial charge in [-0.2, -0.15) is 0 Å². The van der Waals surface area contributed by atoms with Crippen molar-refractivity contribution in [2.45, 2.75) is 12.5 Å². The number of nitrogens with zero attached hydrogens (tertiary/aromatic N) is 2. The number of piperazine rings is 1. The third kappa shape index (κ3) is 4.13. The van der Waals surface area contributed by atoms with Gasteiger partial charge in [-0.1, -0.05) is 0 Å². The molecule has 1 amide bonds. The van der Waals surface area contributed by atoms with Crippen LogP contribution in [0.3, 0.4) is 0 Å². The SMILES string of the molecule is CN1CCN(NC(=O)C(N)CC(=O)O)CC1. The normalized spacial score (nSPS) is 20.4. The first-order valence-electron chi connectivity index (χ1n) is 5.20. The van der Waals surface area contributed by atoms with Gasteiger partial charge in [-0.05, 0) is 7.05 Å². The molecule has 1 aliphatic rings. The molecule has 7 heteroatoms. The molecule has 1 fully saturated rings. The minimum atomic E-state index is -1.07. The summed E-state index contributed by atoms with van der Waals surface area (Å²) in [6.07, 6.45) is -0.348. The molecule has 1 heterocycles. The molecule has 0 aromatic carbocycles. The molecule has 92 valence electrons. The number of likely N-dealkylation sites (N-methyl/N-ethyl adjacent to an activating group) is 1. The summed E-state index contributed by atoms with van der Waals surface area (Å²) in [6.45, 7) is 3.19. The number of aliphatic carboxylic acids is 1. The summed E-state index contributed by atoms with van der Waals surface area (Å²) in [5.74, 6) is -1.51. The molecule has 16 heavy (non-hydrogen) atoms. The van der Waals surface area contributed by atoms with Gasteiger partial charge in [0.2, 0.25) is 0 Å². The average molecular weight is 230 g/mol. The van der Waals surface area contributed by atoms with E-state index in [4.69, 9.17) is 10.8 Å². The number of hydrogen-bond donors (Lipinski definition) is 3. The number of carbonyl (C=O) groups excluding carboxylic acids is 1. The van der Waals surface area contributed by atoms with Crippen molar-refractivity contribution in [2.75, 3.05) is 33.2 Å². The number of hydrazine groups is 1. The summed E-state index contributed by atoms with van der Waals surface area (Å²) in [4.78, 5) is 24.0. The van der Waals surface area contributed by atoms with Crippen molar-refractivity contribution >= 4 is 11.9 Å². The number of hydrogen-bond acceptors (Lipinski definition) is 5. The molecular formula is C9H18N4O3. The number of rotatable bonds is 4. The Morgan fingerprint density at radius 3 is 2.44 bits per heavy atom. The lowest BCUT2D eigenvalue weighted by atomic mass is 10.2. The summed E-state index contributed by atoms with van der Waals surface area (Å²) in [5.41, 5.74) is 8.06. The Balaban J connectivity index is 2.31. The lowest BCUT2D eigenvalue weighted by Crippen LogP contribution is -2.56. The summed E-state index contributed by atoms with van der Waals surface area (Å²) in [5, 5.41) is 10.3. The van der Waals surface area contributed by atoms with Gasteiger partial charge >= 0.3 is 5.97 Å². The Bertz CT molecular complexity index is 263. The Morgan fingerprint density at radius 1 is 1.38 bits per heavy atom. The van der Waals surface area contributed by atoms with Crippen molar-refractivity contribution in [3.8, 4) is 0 Å². The topological polar surface area (TPSA) is 98.9 Å². The molecule has 0 saturated carbocycles. The highest BCUT2D eigenvalue weighted by Crippen LogP contribution is 1.96. The molecule has 0 aromatic rings. The maximum Gasteiger partial charge on any atom is 0.305 e. The third-order valence-corrected chi connectivity index (χ3v) is 2.50. The highest BCUT2D eigenvalue weighted by molar-refractivity contribution is 5.85. The zero-order chi connectivity index (χ0) is 12.1. The molecule has 1 atom stereocenters. The van der Waals surface area contributed by atoms with E-state index >= 15 is 0 Å². The van der Waals surface area contributed by atoms with Crippen molar-refractivity contribution < 1.29 is 14.7 Å². The number of carboxylic acids is 1. The van der Waals surface area contributed by atoms with Crippen molar-refractivity contribution in [2.24, 2.45) is 5.73 Å². The second-order valence-corrected chi connectivity index (χ2v) is 3.97. The maximum absolute atomic E-state index is 11.5. The predicted molar refractivity (Wildman–Crippen MR) is 57.4 cm³/mol. The van der Waals surface area contributed by atoms with E-state index in [1.165, 1.54) is 0 Å². The first kappa shape index (κ1) is 12.9. The minimum Gasteiger partial charge on any atom is -0.481 e. The van der Waals surface area contributed by atoms with Gasteiger partial charge in [0.25, 0.3) is 5.91 Å². The van der Waals surface area contributed by atoms with Crippen LogP contribution in [0.25, 0.3) is 0 Å². The number of amides is 1. The molecule has 0 aliphatic carbocycles. The summed E-state index contributed by atoms with van der Waals surface area (Å²) >= 11 is 0. The van der Waals surface area contributed by atoms with E-state index in [1.54, 1.807) is 5.01 Å². The standard InChI is InChI=1S/C9H18N4O3/c1-12-2-4-13(5-3-12)11-9(16)7(10)6-8(14)15/h7H,2-6,10H2,1H3,(H,11,16)(H,14,15). The van der Waals surface area contributed by atoms with E-state index in [0.29, 0.717) is 0 Å². The van der Waals surface area contributed by atoms with E-state index in [-0.39, 0.29) is 6.42 Å². The van der Waals surface area contributed by atoms with Gasteiger partial charge in [0, 0.05) is 26.2 Å². The predicted octanol–water partition coefficient (Wildman–Crippen LogP) is -1.93. The van der Waals surface area contributed by atoms with Gasteiger partial charge in [-0.3, -0.25) is 15.0 Å². The highest BCUT2D eigenvalue weighted by atomic mass is 16.4. The first-order valence-corrected chi connectivity index (χ1v) is 5.20. The van der Waals surface area contributed by atoms with Gasteiger partial charge < -0.3 is 15.7 Å². The van der Waals surface area contributed by atoms with Crippen LogP contribution in [-0.4, -0.2) is 66.2 Å². The zero-order valence-electron chi connectivity index (χ0n) is 9.35. The van der Waals surface area contributed by atoms with E-state index in [1.807, 2.05) is 7.05 Å². The van der Waals surface area contributed by atoms with E-state index in [0.717, 1.165) is 26.2 Å². The lowest BCUT2D eigenvalue weighted by Gasteiger charge is -2.32. The third-order valence-electron chi connectivity index (χ3n) is 2.50. The molecule has 1 aliphatic heterocycles. The van der Waals surface area contributed by atoms with Crippen molar-refractivity contribution in [3.05, 3.63) is 0 Å².